The summed E-state index contributed by atoms with van der Waals surface area (Å²) in [4.78, 5) is 46.3. The van der Waals surface area contributed by atoms with Crippen LogP contribution in [0.3, 0.4) is 0 Å². The number of likely N-dealkylation sites (N-methyl/N-ethyl adjacent to an activating group) is 3. The molecule has 5 N–H and O–H groups in total. The molecular formula is C13H26N3Na3O10. The van der Waals surface area contributed by atoms with Gasteiger partial charge in [-0.2, -0.15) is 0 Å². The molecule has 0 saturated carbocycles. The molecule has 0 bridgehead atoms. The molecule has 156 valence electrons. The van der Waals surface area contributed by atoms with E-state index in [2.05, 4.69) is 16.0 Å². The van der Waals surface area contributed by atoms with Crippen LogP contribution < -0.4 is 120 Å². The molecule has 0 spiro atoms. The topological polar surface area (TPSA) is 231 Å². The van der Waals surface area contributed by atoms with Gasteiger partial charge in [0.05, 0.1) is 17.9 Å². The van der Waals surface area contributed by atoms with Gasteiger partial charge in [0.2, 0.25) is 0 Å². The fourth-order valence-corrected chi connectivity index (χ4v) is 0.433. The van der Waals surface area contributed by atoms with Crippen LogP contribution in [-0.2, 0) is 24.0 Å². The Hall–Kier alpha value is 0.230. The van der Waals surface area contributed by atoms with E-state index in [1.165, 1.54) is 0 Å². The quantitative estimate of drug-likeness (QED) is 0.235. The molecule has 0 amide bonds. The molecule has 0 aromatic carbocycles. The summed E-state index contributed by atoms with van der Waals surface area (Å²) >= 11 is 0. The first-order chi connectivity index (χ1) is 11.8. The first-order valence-corrected chi connectivity index (χ1v) is 6.70. The summed E-state index contributed by atoms with van der Waals surface area (Å²) in [5, 5.41) is 50.3. The molecular weight excluding hydrogens is 427 g/mol. The summed E-state index contributed by atoms with van der Waals surface area (Å²) < 4.78 is 0. The molecule has 0 aromatic rings. The number of carbonyl (C=O) groups excluding carboxylic acids is 3. The number of aliphatic carboxylic acids is 5. The van der Waals surface area contributed by atoms with Crippen LogP contribution in [0.4, 0.5) is 0 Å². The largest absolute Gasteiger partial charge is 1.00 e. The molecule has 0 saturated heterocycles. The van der Waals surface area contributed by atoms with Crippen LogP contribution in [0.5, 0.6) is 0 Å². The number of hydrogen-bond acceptors (Lipinski definition) is 11. The Balaban J connectivity index is -0.0000000312. The second-order valence-electron chi connectivity index (χ2n) is 3.75. The second kappa shape index (κ2) is 46.4. The van der Waals surface area contributed by atoms with Gasteiger partial charge in [-0.25, -0.2) is 0 Å². The van der Waals surface area contributed by atoms with E-state index in [9.17, 15) is 29.7 Å². The Morgan fingerprint density at radius 3 is 0.690 bits per heavy atom. The van der Waals surface area contributed by atoms with Gasteiger partial charge in [-0.15, -0.1) is 0 Å². The average Bonchev–Trinajstić information content (AvgIpc) is 2.37. The molecule has 13 nitrogen and oxygen atoms in total. The molecule has 0 radical (unpaired) electrons. The van der Waals surface area contributed by atoms with Crippen LogP contribution in [0.25, 0.3) is 0 Å². The van der Waals surface area contributed by atoms with E-state index in [0.29, 0.717) is 0 Å². The van der Waals surface area contributed by atoms with Gasteiger partial charge in [0.15, 0.2) is 0 Å². The number of carbonyl (C=O) groups is 5. The summed E-state index contributed by atoms with van der Waals surface area (Å²) in [6.07, 6.45) is 0. The van der Waals surface area contributed by atoms with Crippen LogP contribution in [-0.4, -0.2) is 80.8 Å². The third-order valence-corrected chi connectivity index (χ3v) is 0.963. The summed E-state index contributed by atoms with van der Waals surface area (Å²) in [6, 6.07) is 0. The number of hydrogen-bond donors (Lipinski definition) is 5. The van der Waals surface area contributed by atoms with Gasteiger partial charge in [0.25, 0.3) is 11.9 Å². The minimum Gasteiger partial charge on any atom is -0.549 e. The fraction of sp³-hybridized carbons (Fsp3) is 0.615. The molecule has 0 aliphatic rings. The van der Waals surface area contributed by atoms with E-state index >= 15 is 0 Å². The molecule has 0 unspecified atom stereocenters. The van der Waals surface area contributed by atoms with E-state index in [0.717, 1.165) is 13.8 Å². The van der Waals surface area contributed by atoms with Crippen molar-refractivity contribution in [2.45, 2.75) is 13.8 Å². The van der Waals surface area contributed by atoms with Gasteiger partial charge in [-0.05, 0) is 21.1 Å². The zero-order valence-corrected chi connectivity index (χ0v) is 24.3. The number of rotatable bonds is 6. The van der Waals surface area contributed by atoms with Crippen LogP contribution >= 0.6 is 0 Å². The van der Waals surface area contributed by atoms with Crippen molar-refractivity contribution in [2.24, 2.45) is 0 Å². The third kappa shape index (κ3) is 228. The van der Waals surface area contributed by atoms with Gasteiger partial charge < -0.3 is 55.9 Å². The van der Waals surface area contributed by atoms with Crippen molar-refractivity contribution in [1.82, 2.24) is 16.0 Å². The van der Waals surface area contributed by atoms with E-state index in [1.54, 1.807) is 21.1 Å². The molecule has 0 heterocycles. The summed E-state index contributed by atoms with van der Waals surface area (Å²) in [5.41, 5.74) is 0. The molecule has 0 fully saturated rings. The molecule has 16 heteroatoms. The first-order valence-electron chi connectivity index (χ1n) is 6.70. The maximum absolute atomic E-state index is 9.43. The van der Waals surface area contributed by atoms with Crippen molar-refractivity contribution in [1.29, 1.82) is 0 Å². The van der Waals surface area contributed by atoms with E-state index < -0.39 is 29.8 Å². The summed E-state index contributed by atoms with van der Waals surface area (Å²) in [6.45, 7) is 1.96. The Morgan fingerprint density at radius 1 is 0.586 bits per heavy atom. The maximum atomic E-state index is 9.43. The number of nitrogens with one attached hydrogen (secondary N) is 3. The van der Waals surface area contributed by atoms with Gasteiger partial charge >= 0.3 is 88.7 Å². The molecule has 0 rings (SSSR count). The summed E-state index contributed by atoms with van der Waals surface area (Å²) in [5.74, 6) is -4.88. The van der Waals surface area contributed by atoms with Gasteiger partial charge in [-0.3, -0.25) is 9.59 Å². The van der Waals surface area contributed by atoms with E-state index in [4.69, 9.17) is 19.8 Å². The summed E-state index contributed by atoms with van der Waals surface area (Å²) in [7, 11) is 4.65. The Bertz CT molecular complexity index is 344. The zero-order chi connectivity index (χ0) is 22.1. The predicted molar refractivity (Wildman–Crippen MR) is 83.4 cm³/mol. The maximum Gasteiger partial charge on any atom is 1.00 e. The van der Waals surface area contributed by atoms with Crippen molar-refractivity contribution in [3.8, 4) is 0 Å². The van der Waals surface area contributed by atoms with Gasteiger partial charge in [0.1, 0.15) is 0 Å². The minimum absolute atomic E-state index is 0. The smallest absolute Gasteiger partial charge is 0.549 e. The van der Waals surface area contributed by atoms with Crippen LogP contribution in [0.1, 0.15) is 13.8 Å². The van der Waals surface area contributed by atoms with Gasteiger partial charge in [0, 0.05) is 33.5 Å². The predicted octanol–water partition coefficient (Wildman–Crippen LogP) is -14.9. The first kappa shape index (κ1) is 51.7. The molecule has 0 atom stereocenters. The number of carboxylic acids is 5. The van der Waals surface area contributed by atoms with E-state index in [1.807, 2.05) is 0 Å². The fourth-order valence-electron chi connectivity index (χ4n) is 0.433. The normalized spacial score (nSPS) is 6.79. The Morgan fingerprint density at radius 2 is 0.690 bits per heavy atom. The van der Waals surface area contributed by atoms with Crippen LogP contribution in [0.15, 0.2) is 0 Å². The average molecular weight is 453 g/mol. The third-order valence-electron chi connectivity index (χ3n) is 0.963. The number of carboxylic acid groups (broad SMARTS) is 5. The van der Waals surface area contributed by atoms with Crippen LogP contribution in [0.2, 0.25) is 0 Å². The van der Waals surface area contributed by atoms with Crippen molar-refractivity contribution in [3.05, 3.63) is 0 Å². The van der Waals surface area contributed by atoms with Crippen molar-refractivity contribution in [3.63, 3.8) is 0 Å². The van der Waals surface area contributed by atoms with Crippen molar-refractivity contribution >= 4 is 29.8 Å². The van der Waals surface area contributed by atoms with Crippen molar-refractivity contribution < 1.29 is 138 Å². The zero-order valence-electron chi connectivity index (χ0n) is 18.3. The Labute approximate surface area is 236 Å². The molecule has 0 aliphatic carbocycles. The minimum atomic E-state index is -1.07. The van der Waals surface area contributed by atoms with Gasteiger partial charge in [-0.1, -0.05) is 0 Å². The standard InChI is InChI=1S/3C3H7NO2.2C2H4O2.3Na/c3*1-4-2-3(5)6;2*1-2(3)4;;;/h3*4H,2H2,1H3,(H,5,6);2*1H3,(H,3,4);;;/q;;;;;3*+1/p-3. The molecule has 29 heavy (non-hydrogen) atoms. The monoisotopic (exact) mass is 453 g/mol. The Kier molecular flexibility index (Phi) is 82.8. The van der Waals surface area contributed by atoms with Crippen molar-refractivity contribution in [2.75, 3.05) is 40.8 Å². The second-order valence-corrected chi connectivity index (χ2v) is 3.75. The van der Waals surface area contributed by atoms with Crippen LogP contribution in [0, 0.1) is 0 Å². The SMILES string of the molecule is CC(=O)O.CC(=O)O.CNCC(=O)[O-].CNCC(=O)[O-].CNCC(=O)[O-].[Na+].[Na+].[Na+]. The van der Waals surface area contributed by atoms with E-state index in [-0.39, 0.29) is 108 Å². The molecule has 0 aliphatic heterocycles. The molecule has 0 aromatic heterocycles.